The summed E-state index contributed by atoms with van der Waals surface area (Å²) in [4.78, 5) is 23.6. The van der Waals surface area contributed by atoms with Gasteiger partial charge in [0, 0.05) is 25.5 Å². The van der Waals surface area contributed by atoms with Gasteiger partial charge in [-0.3, -0.25) is 9.59 Å². The van der Waals surface area contributed by atoms with E-state index >= 15 is 0 Å². The zero-order valence-corrected chi connectivity index (χ0v) is 13.2. The number of nitriles is 1. The molecule has 1 atom stereocenters. The average molecular weight is 326 g/mol. The second-order valence-electron chi connectivity index (χ2n) is 5.22. The Bertz CT molecular complexity index is 776. The maximum absolute atomic E-state index is 11.8. The van der Waals surface area contributed by atoms with Crippen LogP contribution >= 0.6 is 0 Å². The number of carbonyl (C=O) groups is 2. The molecule has 0 unspecified atom stereocenters. The van der Waals surface area contributed by atoms with Gasteiger partial charge >= 0.3 is 11.8 Å². The molecule has 1 heterocycles. The van der Waals surface area contributed by atoms with Gasteiger partial charge in [0.15, 0.2) is 0 Å². The van der Waals surface area contributed by atoms with Crippen LogP contribution in [0.1, 0.15) is 23.8 Å². The summed E-state index contributed by atoms with van der Waals surface area (Å²) in [7, 11) is 1.82. The first kappa shape index (κ1) is 17.2. The number of carbonyl (C=O) groups excluding carboxylic acids is 2. The zero-order valence-electron chi connectivity index (χ0n) is 13.2. The summed E-state index contributed by atoms with van der Waals surface area (Å²) in [6.07, 6.45) is 1.37. The minimum absolute atomic E-state index is 0.151. The quantitative estimate of drug-likeness (QED) is 0.714. The molecule has 7 nitrogen and oxygen atoms in total. The molecular formula is C17H18N4O3. The molecule has 0 aliphatic carbocycles. The first-order valence-corrected chi connectivity index (χ1v) is 7.40. The van der Waals surface area contributed by atoms with Gasteiger partial charge in [-0.2, -0.15) is 5.26 Å². The first-order chi connectivity index (χ1) is 11.5. The molecule has 0 bridgehead atoms. The normalized spacial score (nSPS) is 11.4. The van der Waals surface area contributed by atoms with Crippen LogP contribution in [0.3, 0.4) is 0 Å². The Hall–Kier alpha value is -3.11. The maximum Gasteiger partial charge on any atom is 0.313 e. The lowest BCUT2D eigenvalue weighted by atomic mass is 10.2. The molecule has 0 aliphatic heterocycles. The van der Waals surface area contributed by atoms with Crippen molar-refractivity contribution in [1.82, 2.24) is 9.88 Å². The van der Waals surface area contributed by atoms with E-state index in [1.54, 1.807) is 34.9 Å². The number of aromatic nitrogens is 1. The number of aliphatic hydroxyl groups is 1. The predicted octanol–water partition coefficient (Wildman–Crippen LogP) is 1.08. The predicted molar refractivity (Wildman–Crippen MR) is 87.8 cm³/mol. The Morgan fingerprint density at radius 3 is 2.67 bits per heavy atom. The fourth-order valence-electron chi connectivity index (χ4n) is 2.24. The number of rotatable bonds is 5. The lowest BCUT2D eigenvalue weighted by molar-refractivity contribution is -0.136. The molecule has 0 radical (unpaired) electrons. The van der Waals surface area contributed by atoms with E-state index in [1.807, 2.05) is 25.4 Å². The zero-order chi connectivity index (χ0) is 17.5. The lowest BCUT2D eigenvalue weighted by Gasteiger charge is -2.12. The Morgan fingerprint density at radius 2 is 2.00 bits per heavy atom. The molecule has 0 saturated heterocycles. The maximum atomic E-state index is 11.8. The lowest BCUT2D eigenvalue weighted by Crippen LogP contribution is -2.36. The Balaban J connectivity index is 1.83. The molecule has 1 aromatic carbocycles. The number of benzene rings is 1. The average Bonchev–Trinajstić information content (AvgIpc) is 3.01. The minimum atomic E-state index is -0.856. The van der Waals surface area contributed by atoms with Gasteiger partial charge in [0.2, 0.25) is 0 Å². The van der Waals surface area contributed by atoms with Gasteiger partial charge in [-0.15, -0.1) is 0 Å². The van der Waals surface area contributed by atoms with Gasteiger partial charge in [-0.05, 0) is 30.7 Å². The van der Waals surface area contributed by atoms with Gasteiger partial charge in [-0.1, -0.05) is 12.1 Å². The Morgan fingerprint density at radius 1 is 1.25 bits per heavy atom. The van der Waals surface area contributed by atoms with Crippen LogP contribution in [0, 0.1) is 11.3 Å². The number of amides is 2. The molecule has 0 spiro atoms. The summed E-state index contributed by atoms with van der Waals surface area (Å²) >= 11 is 0. The summed E-state index contributed by atoms with van der Waals surface area (Å²) in [6, 6.07) is 12.0. The van der Waals surface area contributed by atoms with Crippen molar-refractivity contribution in [2.24, 2.45) is 7.05 Å². The van der Waals surface area contributed by atoms with Crippen LogP contribution in [0.4, 0.5) is 5.69 Å². The van der Waals surface area contributed by atoms with E-state index < -0.39 is 17.9 Å². The third-order valence-corrected chi connectivity index (χ3v) is 3.53. The van der Waals surface area contributed by atoms with Gasteiger partial charge in [0.25, 0.3) is 0 Å². The Kier molecular flexibility index (Phi) is 5.71. The highest BCUT2D eigenvalue weighted by atomic mass is 16.3. The van der Waals surface area contributed by atoms with Gasteiger partial charge in [0.05, 0.1) is 17.4 Å². The van der Waals surface area contributed by atoms with Gasteiger partial charge in [-0.25, -0.2) is 0 Å². The van der Waals surface area contributed by atoms with Crippen molar-refractivity contribution in [3.8, 4) is 6.07 Å². The highest BCUT2D eigenvalue weighted by molar-refractivity contribution is 6.39. The number of hydrogen-bond donors (Lipinski definition) is 3. The first-order valence-electron chi connectivity index (χ1n) is 7.40. The van der Waals surface area contributed by atoms with Gasteiger partial charge in [0.1, 0.15) is 6.07 Å². The molecule has 0 saturated carbocycles. The highest BCUT2D eigenvalue weighted by Crippen LogP contribution is 2.15. The van der Waals surface area contributed by atoms with E-state index in [2.05, 4.69) is 10.6 Å². The largest absolute Gasteiger partial charge is 0.387 e. The molecule has 0 aliphatic rings. The van der Waals surface area contributed by atoms with Crippen LogP contribution in [0.2, 0.25) is 0 Å². The smallest absolute Gasteiger partial charge is 0.313 e. The van der Waals surface area contributed by atoms with E-state index in [1.165, 1.54) is 0 Å². The number of anilines is 1. The Labute approximate surface area is 139 Å². The fraction of sp³-hybridized carbons (Fsp3) is 0.235. The SMILES string of the molecule is Cn1cccc1[C@H](O)CCNC(=O)C(=O)Nc1ccccc1C#N. The molecule has 124 valence electrons. The molecule has 2 rings (SSSR count). The molecule has 0 fully saturated rings. The van der Waals surface area contributed by atoms with Crippen molar-refractivity contribution in [3.63, 3.8) is 0 Å². The van der Waals surface area contributed by atoms with Crippen molar-refractivity contribution in [1.29, 1.82) is 5.26 Å². The van der Waals surface area contributed by atoms with E-state index in [0.29, 0.717) is 0 Å². The standard InChI is InChI=1S/C17H18N4O3/c1-21-10-4-7-14(21)15(22)8-9-19-16(23)17(24)20-13-6-3-2-5-12(13)11-18/h2-7,10,15,22H,8-9H2,1H3,(H,19,23)(H,20,24)/t15-/m1/s1. The molecule has 1 aromatic heterocycles. The summed E-state index contributed by atoms with van der Waals surface area (Å²) in [6.45, 7) is 0.151. The second-order valence-corrected chi connectivity index (χ2v) is 5.22. The van der Waals surface area contributed by atoms with Crippen LogP contribution < -0.4 is 10.6 Å². The molecule has 2 amide bonds. The summed E-state index contributed by atoms with van der Waals surface area (Å²) in [5.41, 5.74) is 1.29. The van der Waals surface area contributed by atoms with Crippen LogP contribution in [0.5, 0.6) is 0 Å². The van der Waals surface area contributed by atoms with Crippen molar-refractivity contribution < 1.29 is 14.7 Å². The van der Waals surface area contributed by atoms with Crippen molar-refractivity contribution >= 4 is 17.5 Å². The van der Waals surface area contributed by atoms with Crippen molar-refractivity contribution in [2.75, 3.05) is 11.9 Å². The van der Waals surface area contributed by atoms with Crippen LogP contribution in [0.15, 0.2) is 42.6 Å². The third kappa shape index (κ3) is 4.21. The van der Waals surface area contributed by atoms with Gasteiger partial charge < -0.3 is 20.3 Å². The molecule has 2 aromatic rings. The molecular weight excluding hydrogens is 308 g/mol. The molecule has 7 heteroatoms. The summed E-state index contributed by atoms with van der Waals surface area (Å²) in [5.74, 6) is -1.67. The second kappa shape index (κ2) is 7.94. The summed E-state index contributed by atoms with van der Waals surface area (Å²) in [5, 5.41) is 23.8. The van der Waals surface area contributed by atoms with Crippen LogP contribution in [-0.2, 0) is 16.6 Å². The highest BCUT2D eigenvalue weighted by Gasteiger charge is 2.16. The number of aryl methyl sites for hydroxylation is 1. The number of para-hydroxylation sites is 1. The van der Waals surface area contributed by atoms with Crippen molar-refractivity contribution in [3.05, 3.63) is 53.9 Å². The minimum Gasteiger partial charge on any atom is -0.387 e. The third-order valence-electron chi connectivity index (χ3n) is 3.53. The topological polar surface area (TPSA) is 107 Å². The number of nitrogens with one attached hydrogen (secondary N) is 2. The van der Waals surface area contributed by atoms with Crippen LogP contribution in [-0.4, -0.2) is 28.0 Å². The van der Waals surface area contributed by atoms with E-state index in [9.17, 15) is 14.7 Å². The number of hydrogen-bond acceptors (Lipinski definition) is 4. The number of nitrogens with zero attached hydrogens (tertiary/aromatic N) is 2. The molecule has 3 N–H and O–H groups in total. The van der Waals surface area contributed by atoms with E-state index in [-0.39, 0.29) is 24.2 Å². The number of aliphatic hydroxyl groups excluding tert-OH is 1. The monoisotopic (exact) mass is 326 g/mol. The van der Waals surface area contributed by atoms with E-state index in [4.69, 9.17) is 5.26 Å². The van der Waals surface area contributed by atoms with E-state index in [0.717, 1.165) is 5.69 Å². The van der Waals surface area contributed by atoms with Crippen LogP contribution in [0.25, 0.3) is 0 Å². The molecule has 24 heavy (non-hydrogen) atoms. The van der Waals surface area contributed by atoms with Crippen molar-refractivity contribution in [2.45, 2.75) is 12.5 Å². The fourth-order valence-corrected chi connectivity index (χ4v) is 2.24. The summed E-state index contributed by atoms with van der Waals surface area (Å²) < 4.78 is 1.79.